The van der Waals surface area contributed by atoms with Crippen LogP contribution in [0.3, 0.4) is 0 Å². The topological polar surface area (TPSA) is 93.4 Å². The number of anilines is 1. The van der Waals surface area contributed by atoms with Crippen LogP contribution in [0.4, 0.5) is 5.82 Å². The molecule has 0 unspecified atom stereocenters. The number of nitrogens with two attached hydrogens (primary N) is 1. The molecule has 14 heavy (non-hydrogen) atoms. The third-order valence-electron chi connectivity index (χ3n) is 1.66. The fourth-order valence-electron chi connectivity index (χ4n) is 1.06. The van der Waals surface area contributed by atoms with Crippen molar-refractivity contribution in [3.8, 4) is 11.9 Å². The Hall–Kier alpha value is -2.42. The SMILES string of the molecule is N#Cc1nccn1-c1cc(N)ncn1. The van der Waals surface area contributed by atoms with Gasteiger partial charge >= 0.3 is 0 Å². The predicted octanol–water partition coefficient (Wildman–Crippen LogP) is 0.116. The molecular weight excluding hydrogens is 180 g/mol. The van der Waals surface area contributed by atoms with Crippen molar-refractivity contribution in [2.75, 3.05) is 5.73 Å². The molecule has 0 fully saturated rings. The highest BCUT2D eigenvalue weighted by atomic mass is 15.1. The van der Waals surface area contributed by atoms with Crippen molar-refractivity contribution >= 4 is 5.82 Å². The summed E-state index contributed by atoms with van der Waals surface area (Å²) in [5.74, 6) is 1.15. The molecule has 68 valence electrons. The maximum absolute atomic E-state index is 8.73. The molecule has 0 radical (unpaired) electrons. The van der Waals surface area contributed by atoms with Crippen LogP contribution in [0.1, 0.15) is 5.82 Å². The molecule has 2 rings (SSSR count). The van der Waals surface area contributed by atoms with Gasteiger partial charge in [-0.15, -0.1) is 0 Å². The van der Waals surface area contributed by atoms with E-state index >= 15 is 0 Å². The Kier molecular flexibility index (Phi) is 1.84. The van der Waals surface area contributed by atoms with Crippen molar-refractivity contribution < 1.29 is 0 Å². The molecule has 0 saturated carbocycles. The van der Waals surface area contributed by atoms with Crippen LogP contribution in [-0.4, -0.2) is 19.5 Å². The highest BCUT2D eigenvalue weighted by molar-refractivity contribution is 5.38. The van der Waals surface area contributed by atoms with Gasteiger partial charge in [0.15, 0.2) is 0 Å². The fourth-order valence-corrected chi connectivity index (χ4v) is 1.06. The van der Waals surface area contributed by atoms with E-state index < -0.39 is 0 Å². The molecule has 6 heteroatoms. The van der Waals surface area contributed by atoms with Crippen molar-refractivity contribution in [3.05, 3.63) is 30.6 Å². The summed E-state index contributed by atoms with van der Waals surface area (Å²) in [4.78, 5) is 11.6. The molecule has 2 heterocycles. The van der Waals surface area contributed by atoms with Crippen molar-refractivity contribution in [1.82, 2.24) is 19.5 Å². The monoisotopic (exact) mass is 186 g/mol. The number of imidazole rings is 1. The van der Waals surface area contributed by atoms with Crippen molar-refractivity contribution in [2.45, 2.75) is 0 Å². The van der Waals surface area contributed by atoms with Gasteiger partial charge in [-0.25, -0.2) is 15.0 Å². The molecule has 2 N–H and O–H groups in total. The minimum Gasteiger partial charge on any atom is -0.384 e. The minimum absolute atomic E-state index is 0.267. The average molecular weight is 186 g/mol. The fraction of sp³-hybridized carbons (Fsp3) is 0. The third-order valence-corrected chi connectivity index (χ3v) is 1.66. The lowest BCUT2D eigenvalue weighted by Crippen LogP contribution is -2.01. The Morgan fingerprint density at radius 2 is 2.21 bits per heavy atom. The number of hydrogen-bond acceptors (Lipinski definition) is 5. The molecule has 0 spiro atoms. The molecular formula is C8H6N6. The van der Waals surface area contributed by atoms with Crippen LogP contribution >= 0.6 is 0 Å². The zero-order valence-corrected chi connectivity index (χ0v) is 7.12. The molecule has 0 aliphatic rings. The second-order valence-electron chi connectivity index (χ2n) is 2.53. The van der Waals surface area contributed by atoms with E-state index in [9.17, 15) is 0 Å². The molecule has 0 atom stereocenters. The van der Waals surface area contributed by atoms with E-state index in [0.717, 1.165) is 0 Å². The predicted molar refractivity (Wildman–Crippen MR) is 48.3 cm³/mol. The number of aromatic nitrogens is 4. The minimum atomic E-state index is 0.267. The smallest absolute Gasteiger partial charge is 0.218 e. The van der Waals surface area contributed by atoms with Gasteiger partial charge in [0.2, 0.25) is 5.82 Å². The van der Waals surface area contributed by atoms with Gasteiger partial charge in [-0.05, 0) is 0 Å². The van der Waals surface area contributed by atoms with Gasteiger partial charge in [0.1, 0.15) is 24.0 Å². The van der Waals surface area contributed by atoms with Crippen molar-refractivity contribution in [2.24, 2.45) is 0 Å². The molecule has 2 aromatic heterocycles. The zero-order chi connectivity index (χ0) is 9.97. The Bertz CT molecular complexity index is 495. The van der Waals surface area contributed by atoms with Gasteiger partial charge in [0.05, 0.1) is 0 Å². The lowest BCUT2D eigenvalue weighted by Gasteiger charge is -2.01. The van der Waals surface area contributed by atoms with E-state index in [2.05, 4.69) is 15.0 Å². The van der Waals surface area contributed by atoms with Gasteiger partial charge < -0.3 is 5.73 Å². The number of hydrogen-bond donors (Lipinski definition) is 1. The number of nitriles is 1. The van der Waals surface area contributed by atoms with Crippen LogP contribution in [0.15, 0.2) is 24.8 Å². The van der Waals surface area contributed by atoms with E-state index in [1.54, 1.807) is 12.3 Å². The second-order valence-corrected chi connectivity index (χ2v) is 2.53. The second kappa shape index (κ2) is 3.14. The van der Waals surface area contributed by atoms with Crippen molar-refractivity contribution in [3.63, 3.8) is 0 Å². The van der Waals surface area contributed by atoms with Crippen molar-refractivity contribution in [1.29, 1.82) is 5.26 Å². The summed E-state index contributed by atoms with van der Waals surface area (Å²) in [5, 5.41) is 8.73. The molecule has 0 aliphatic heterocycles. The Balaban J connectivity index is 2.56. The maximum atomic E-state index is 8.73. The van der Waals surface area contributed by atoms with E-state index in [-0.39, 0.29) is 5.82 Å². The number of nitrogens with zero attached hydrogens (tertiary/aromatic N) is 5. The van der Waals surface area contributed by atoms with E-state index in [0.29, 0.717) is 11.6 Å². The zero-order valence-electron chi connectivity index (χ0n) is 7.12. The van der Waals surface area contributed by atoms with Crippen LogP contribution < -0.4 is 5.73 Å². The van der Waals surface area contributed by atoms with Crippen LogP contribution in [0.25, 0.3) is 5.82 Å². The van der Waals surface area contributed by atoms with Gasteiger partial charge in [-0.3, -0.25) is 4.57 Å². The van der Waals surface area contributed by atoms with Crippen LogP contribution in [0.2, 0.25) is 0 Å². The standard InChI is InChI=1S/C8H6N6/c9-4-8-11-1-2-14(8)7-3-6(10)12-5-13-7/h1-3,5H,(H2,10,12,13). The first-order valence-electron chi connectivity index (χ1n) is 3.82. The lowest BCUT2D eigenvalue weighted by molar-refractivity contribution is 0.952. The van der Waals surface area contributed by atoms with Gasteiger partial charge in [-0.2, -0.15) is 5.26 Å². The van der Waals surface area contributed by atoms with E-state index in [4.69, 9.17) is 11.0 Å². The summed E-state index contributed by atoms with van der Waals surface area (Å²) >= 11 is 0. The number of rotatable bonds is 1. The Morgan fingerprint density at radius 3 is 2.93 bits per heavy atom. The summed E-state index contributed by atoms with van der Waals surface area (Å²) in [6.07, 6.45) is 4.50. The molecule has 0 aromatic carbocycles. The third kappa shape index (κ3) is 1.27. The molecule has 6 nitrogen and oxygen atoms in total. The normalized spacial score (nSPS) is 9.64. The van der Waals surface area contributed by atoms with Gasteiger partial charge in [-0.1, -0.05) is 0 Å². The summed E-state index contributed by atoms with van der Waals surface area (Å²) in [5.41, 5.74) is 5.49. The average Bonchev–Trinajstić information content (AvgIpc) is 2.65. The molecule has 0 amide bonds. The number of nitrogen functional groups attached to an aromatic ring is 1. The highest BCUT2D eigenvalue weighted by Crippen LogP contribution is 2.08. The summed E-state index contributed by atoms with van der Waals surface area (Å²) in [7, 11) is 0. The first kappa shape index (κ1) is 8.19. The van der Waals surface area contributed by atoms with Crippen LogP contribution in [0.5, 0.6) is 0 Å². The van der Waals surface area contributed by atoms with Crippen LogP contribution in [0, 0.1) is 11.3 Å². The Morgan fingerprint density at radius 1 is 1.36 bits per heavy atom. The first-order chi connectivity index (χ1) is 6.81. The first-order valence-corrected chi connectivity index (χ1v) is 3.82. The van der Waals surface area contributed by atoms with E-state index in [1.807, 2.05) is 6.07 Å². The maximum Gasteiger partial charge on any atom is 0.218 e. The highest BCUT2D eigenvalue weighted by Gasteiger charge is 2.04. The molecule has 0 bridgehead atoms. The Labute approximate surface area is 79.7 Å². The molecule has 0 aliphatic carbocycles. The quantitative estimate of drug-likeness (QED) is 0.682. The van der Waals surface area contributed by atoms with Crippen LogP contribution in [-0.2, 0) is 0 Å². The van der Waals surface area contributed by atoms with Gasteiger partial charge in [0, 0.05) is 18.5 Å². The molecule has 2 aromatic rings. The lowest BCUT2D eigenvalue weighted by atomic mass is 10.5. The summed E-state index contributed by atoms with van der Waals surface area (Å²) in [6, 6.07) is 3.52. The summed E-state index contributed by atoms with van der Waals surface area (Å²) < 4.78 is 1.54. The van der Waals surface area contributed by atoms with E-state index in [1.165, 1.54) is 17.1 Å². The van der Waals surface area contributed by atoms with Gasteiger partial charge in [0.25, 0.3) is 0 Å². The largest absolute Gasteiger partial charge is 0.384 e. The molecule has 0 saturated heterocycles. The summed E-state index contributed by atoms with van der Waals surface area (Å²) in [6.45, 7) is 0.